The predicted molar refractivity (Wildman–Crippen MR) is 99.0 cm³/mol. The molecule has 2 aromatic rings. The van der Waals surface area contributed by atoms with E-state index in [0.29, 0.717) is 18.7 Å². The number of amides is 2. The maximum absolute atomic E-state index is 12.2. The maximum atomic E-state index is 12.2. The molecule has 2 amide bonds. The molecule has 1 atom stereocenters. The molecule has 25 heavy (non-hydrogen) atoms. The number of carbonyl (C=O) groups is 2. The number of nitrogens with two attached hydrogens (primary N) is 1. The highest BCUT2D eigenvalue weighted by molar-refractivity contribution is 5.94. The Labute approximate surface area is 148 Å². The topological polar surface area (TPSA) is 84.2 Å². The number of hydrogen-bond acceptors (Lipinski definition) is 3. The van der Waals surface area contributed by atoms with Gasteiger partial charge in [-0.25, -0.2) is 0 Å². The zero-order valence-corrected chi connectivity index (χ0v) is 14.7. The van der Waals surface area contributed by atoms with Crippen LogP contribution in [0, 0.1) is 6.92 Å². The third-order valence-corrected chi connectivity index (χ3v) is 3.91. The van der Waals surface area contributed by atoms with Gasteiger partial charge in [-0.2, -0.15) is 0 Å². The molecule has 132 valence electrons. The fraction of sp³-hybridized carbons (Fsp3) is 0.300. The van der Waals surface area contributed by atoms with Crippen LogP contribution in [-0.4, -0.2) is 18.4 Å². The first-order valence-corrected chi connectivity index (χ1v) is 8.48. The second-order valence-electron chi connectivity index (χ2n) is 6.06. The molecular weight excluding hydrogens is 314 g/mol. The van der Waals surface area contributed by atoms with Crippen LogP contribution in [0.15, 0.2) is 48.5 Å². The zero-order valence-electron chi connectivity index (χ0n) is 14.7. The number of carbonyl (C=O) groups excluding carboxylic acids is 2. The lowest BCUT2D eigenvalue weighted by atomic mass is 10.0. The molecule has 0 radical (unpaired) electrons. The standard InChI is InChI=1S/C20H25N3O2/c1-3-11-22-19(24)17-6-4-5-15(12-17)13-23-20(25)18(21)16-9-7-14(2)8-10-16/h4-10,12,18H,3,11,13,21H2,1-2H3,(H,22,24)(H,23,25). The largest absolute Gasteiger partial charge is 0.352 e. The van der Waals surface area contributed by atoms with E-state index in [1.807, 2.05) is 50.2 Å². The van der Waals surface area contributed by atoms with Crippen LogP contribution in [0.3, 0.4) is 0 Å². The lowest BCUT2D eigenvalue weighted by molar-refractivity contribution is -0.122. The van der Waals surface area contributed by atoms with E-state index in [-0.39, 0.29) is 11.8 Å². The highest BCUT2D eigenvalue weighted by Gasteiger charge is 2.15. The van der Waals surface area contributed by atoms with E-state index in [9.17, 15) is 9.59 Å². The van der Waals surface area contributed by atoms with E-state index < -0.39 is 6.04 Å². The molecule has 0 saturated heterocycles. The minimum absolute atomic E-state index is 0.105. The first kappa shape index (κ1) is 18.7. The average Bonchev–Trinajstić information content (AvgIpc) is 2.64. The van der Waals surface area contributed by atoms with E-state index in [4.69, 9.17) is 5.73 Å². The molecule has 0 aliphatic rings. The highest BCUT2D eigenvalue weighted by Crippen LogP contribution is 2.12. The van der Waals surface area contributed by atoms with Crippen LogP contribution in [0.2, 0.25) is 0 Å². The smallest absolute Gasteiger partial charge is 0.251 e. The first-order chi connectivity index (χ1) is 12.0. The molecule has 4 N–H and O–H groups in total. The van der Waals surface area contributed by atoms with Crippen molar-refractivity contribution in [1.29, 1.82) is 0 Å². The van der Waals surface area contributed by atoms with E-state index in [0.717, 1.165) is 23.1 Å². The van der Waals surface area contributed by atoms with E-state index >= 15 is 0 Å². The van der Waals surface area contributed by atoms with Crippen LogP contribution in [0.5, 0.6) is 0 Å². The SMILES string of the molecule is CCCNC(=O)c1cccc(CNC(=O)C(N)c2ccc(C)cc2)c1. The van der Waals surface area contributed by atoms with Crippen LogP contribution in [-0.2, 0) is 11.3 Å². The van der Waals surface area contributed by atoms with Gasteiger partial charge in [0.2, 0.25) is 5.91 Å². The van der Waals surface area contributed by atoms with Crippen LogP contribution in [0.25, 0.3) is 0 Å². The third kappa shape index (κ3) is 5.43. The summed E-state index contributed by atoms with van der Waals surface area (Å²) in [7, 11) is 0. The lowest BCUT2D eigenvalue weighted by Crippen LogP contribution is -2.33. The molecule has 0 aliphatic heterocycles. The molecule has 0 heterocycles. The summed E-state index contributed by atoms with van der Waals surface area (Å²) >= 11 is 0. The molecule has 2 rings (SSSR count). The summed E-state index contributed by atoms with van der Waals surface area (Å²) in [5.41, 5.74) is 9.34. The molecule has 1 unspecified atom stereocenters. The number of nitrogens with one attached hydrogen (secondary N) is 2. The summed E-state index contributed by atoms with van der Waals surface area (Å²) in [6.45, 7) is 4.96. The summed E-state index contributed by atoms with van der Waals surface area (Å²) in [6.07, 6.45) is 0.887. The summed E-state index contributed by atoms with van der Waals surface area (Å²) in [4.78, 5) is 24.2. The Morgan fingerprint density at radius 3 is 2.48 bits per heavy atom. The van der Waals surface area contributed by atoms with Crippen molar-refractivity contribution in [3.63, 3.8) is 0 Å². The van der Waals surface area contributed by atoms with Crippen molar-refractivity contribution in [2.45, 2.75) is 32.9 Å². The monoisotopic (exact) mass is 339 g/mol. The Morgan fingerprint density at radius 2 is 1.80 bits per heavy atom. The van der Waals surface area contributed by atoms with Gasteiger partial charge in [-0.05, 0) is 36.6 Å². The van der Waals surface area contributed by atoms with Crippen molar-refractivity contribution in [1.82, 2.24) is 10.6 Å². The summed E-state index contributed by atoms with van der Waals surface area (Å²) < 4.78 is 0. The van der Waals surface area contributed by atoms with Gasteiger partial charge in [-0.15, -0.1) is 0 Å². The predicted octanol–water partition coefficient (Wildman–Crippen LogP) is 2.45. The van der Waals surface area contributed by atoms with E-state index in [1.165, 1.54) is 0 Å². The summed E-state index contributed by atoms with van der Waals surface area (Å²) in [5.74, 6) is -0.351. The molecule has 0 spiro atoms. The number of benzene rings is 2. The first-order valence-electron chi connectivity index (χ1n) is 8.48. The molecule has 2 aromatic carbocycles. The maximum Gasteiger partial charge on any atom is 0.251 e. The number of aryl methyl sites for hydroxylation is 1. The van der Waals surface area contributed by atoms with Crippen molar-refractivity contribution in [2.75, 3.05) is 6.54 Å². The van der Waals surface area contributed by atoms with Gasteiger partial charge in [-0.3, -0.25) is 9.59 Å². The van der Waals surface area contributed by atoms with Gasteiger partial charge >= 0.3 is 0 Å². The van der Waals surface area contributed by atoms with Gasteiger partial charge in [0.25, 0.3) is 5.91 Å². The molecular formula is C20H25N3O2. The second kappa shape index (κ2) is 8.99. The Balaban J connectivity index is 1.95. The molecule has 0 bridgehead atoms. The lowest BCUT2D eigenvalue weighted by Gasteiger charge is -2.13. The van der Waals surface area contributed by atoms with Crippen molar-refractivity contribution < 1.29 is 9.59 Å². The molecule has 0 fully saturated rings. The summed E-state index contributed by atoms with van der Waals surface area (Å²) in [5, 5.41) is 5.66. The summed E-state index contributed by atoms with van der Waals surface area (Å²) in [6, 6.07) is 14.1. The fourth-order valence-electron chi connectivity index (χ4n) is 2.39. The number of hydrogen-bond donors (Lipinski definition) is 3. The van der Waals surface area contributed by atoms with Gasteiger partial charge in [0, 0.05) is 18.7 Å². The normalized spacial score (nSPS) is 11.6. The Kier molecular flexibility index (Phi) is 6.71. The highest BCUT2D eigenvalue weighted by atomic mass is 16.2. The van der Waals surface area contributed by atoms with E-state index in [2.05, 4.69) is 10.6 Å². The minimum atomic E-state index is -0.711. The van der Waals surface area contributed by atoms with Crippen molar-refractivity contribution in [3.8, 4) is 0 Å². The molecule has 0 saturated carbocycles. The van der Waals surface area contributed by atoms with E-state index in [1.54, 1.807) is 12.1 Å². The van der Waals surface area contributed by atoms with Crippen LogP contribution < -0.4 is 16.4 Å². The van der Waals surface area contributed by atoms with Gasteiger partial charge in [0.05, 0.1) is 0 Å². The van der Waals surface area contributed by atoms with Crippen LogP contribution in [0.1, 0.15) is 46.4 Å². The van der Waals surface area contributed by atoms with Crippen molar-refractivity contribution in [3.05, 3.63) is 70.8 Å². The van der Waals surface area contributed by atoms with Gasteiger partial charge in [0.1, 0.15) is 6.04 Å². The quantitative estimate of drug-likeness (QED) is 0.724. The van der Waals surface area contributed by atoms with Crippen molar-refractivity contribution in [2.24, 2.45) is 5.73 Å². The van der Waals surface area contributed by atoms with Crippen LogP contribution in [0.4, 0.5) is 0 Å². The number of rotatable bonds is 7. The Hall–Kier alpha value is -2.66. The Morgan fingerprint density at radius 1 is 1.08 bits per heavy atom. The third-order valence-electron chi connectivity index (χ3n) is 3.91. The molecule has 0 aromatic heterocycles. The minimum Gasteiger partial charge on any atom is -0.352 e. The zero-order chi connectivity index (χ0) is 18.2. The van der Waals surface area contributed by atoms with Crippen LogP contribution >= 0.6 is 0 Å². The second-order valence-corrected chi connectivity index (χ2v) is 6.06. The fourth-order valence-corrected chi connectivity index (χ4v) is 2.39. The molecule has 5 heteroatoms. The van der Waals surface area contributed by atoms with Gasteiger partial charge in [-0.1, -0.05) is 48.9 Å². The van der Waals surface area contributed by atoms with Crippen molar-refractivity contribution >= 4 is 11.8 Å². The average molecular weight is 339 g/mol. The molecule has 5 nitrogen and oxygen atoms in total. The molecule has 0 aliphatic carbocycles. The van der Waals surface area contributed by atoms with Gasteiger partial charge in [0.15, 0.2) is 0 Å². The van der Waals surface area contributed by atoms with Gasteiger partial charge < -0.3 is 16.4 Å². The Bertz CT molecular complexity index is 726.